The van der Waals surface area contributed by atoms with Gasteiger partial charge in [0.05, 0.1) is 23.4 Å². The van der Waals surface area contributed by atoms with Gasteiger partial charge in [-0.05, 0) is 80.1 Å². The Morgan fingerprint density at radius 2 is 1.69 bits per heavy atom. The standard InChI is InChI=1S/C28H23F4NO3/c1-3-35-27(34)20-5-4-6-23(15-20)33-18(2)7-13-25(33)24-16-21(28(30,31)32)10-14-26(24)36-17-19-8-11-22(29)12-9-19/h4-16H,3,17H2,1-2H3. The van der Waals surface area contributed by atoms with Crippen LogP contribution in [0.3, 0.4) is 0 Å². The maximum absolute atomic E-state index is 13.6. The van der Waals surface area contributed by atoms with E-state index in [0.29, 0.717) is 22.5 Å². The third kappa shape index (κ3) is 5.43. The van der Waals surface area contributed by atoms with Gasteiger partial charge in [0.1, 0.15) is 18.2 Å². The first-order valence-electron chi connectivity index (χ1n) is 11.2. The Kier molecular flexibility index (Phi) is 7.15. The number of aryl methyl sites for hydroxylation is 1. The van der Waals surface area contributed by atoms with Gasteiger partial charge in [-0.15, -0.1) is 0 Å². The number of ether oxygens (including phenoxy) is 2. The second kappa shape index (κ2) is 10.3. The number of aromatic nitrogens is 1. The average molecular weight is 497 g/mol. The van der Waals surface area contributed by atoms with Crippen molar-refractivity contribution < 1.29 is 31.8 Å². The third-order valence-electron chi connectivity index (χ3n) is 5.58. The lowest BCUT2D eigenvalue weighted by atomic mass is 10.1. The van der Waals surface area contributed by atoms with Crippen molar-refractivity contribution in [2.24, 2.45) is 0 Å². The summed E-state index contributed by atoms with van der Waals surface area (Å²) < 4.78 is 66.8. The Balaban J connectivity index is 1.80. The number of hydrogen-bond acceptors (Lipinski definition) is 3. The van der Waals surface area contributed by atoms with E-state index in [1.165, 1.54) is 18.2 Å². The van der Waals surface area contributed by atoms with E-state index in [1.807, 2.05) is 6.92 Å². The Morgan fingerprint density at radius 1 is 0.944 bits per heavy atom. The van der Waals surface area contributed by atoms with E-state index in [1.54, 1.807) is 60.0 Å². The van der Waals surface area contributed by atoms with Crippen LogP contribution in [-0.4, -0.2) is 17.1 Å². The van der Waals surface area contributed by atoms with Gasteiger partial charge >= 0.3 is 12.1 Å². The SMILES string of the molecule is CCOC(=O)c1cccc(-n2c(C)ccc2-c2cc(C(F)(F)F)ccc2OCc2ccc(F)cc2)c1. The topological polar surface area (TPSA) is 40.5 Å². The molecule has 0 amide bonds. The molecule has 0 saturated carbocycles. The van der Waals surface area contributed by atoms with E-state index in [0.717, 1.165) is 17.8 Å². The number of halogens is 4. The van der Waals surface area contributed by atoms with E-state index < -0.39 is 23.5 Å². The van der Waals surface area contributed by atoms with Crippen LogP contribution in [-0.2, 0) is 17.5 Å². The molecule has 8 heteroatoms. The molecule has 0 radical (unpaired) electrons. The van der Waals surface area contributed by atoms with Gasteiger partial charge in [0.25, 0.3) is 0 Å². The number of alkyl halides is 3. The summed E-state index contributed by atoms with van der Waals surface area (Å²) in [6, 6.07) is 19.1. The fourth-order valence-corrected chi connectivity index (χ4v) is 3.85. The Hall–Kier alpha value is -4.07. The van der Waals surface area contributed by atoms with Gasteiger partial charge in [-0.2, -0.15) is 13.2 Å². The minimum Gasteiger partial charge on any atom is -0.488 e. The smallest absolute Gasteiger partial charge is 0.416 e. The molecule has 1 heterocycles. The Labute approximate surface area is 205 Å². The second-order valence-corrected chi connectivity index (χ2v) is 8.09. The first kappa shape index (κ1) is 25.0. The molecule has 36 heavy (non-hydrogen) atoms. The van der Waals surface area contributed by atoms with Crippen LogP contribution in [0.1, 0.15) is 34.1 Å². The Morgan fingerprint density at radius 3 is 2.39 bits per heavy atom. The van der Waals surface area contributed by atoms with Crippen molar-refractivity contribution in [1.82, 2.24) is 4.57 Å². The van der Waals surface area contributed by atoms with Crippen LogP contribution in [0.15, 0.2) is 78.9 Å². The number of carbonyl (C=O) groups is 1. The van der Waals surface area contributed by atoms with Crippen LogP contribution >= 0.6 is 0 Å². The molecule has 0 N–H and O–H groups in total. The van der Waals surface area contributed by atoms with E-state index in [2.05, 4.69) is 0 Å². The van der Waals surface area contributed by atoms with Crippen LogP contribution in [0.5, 0.6) is 5.75 Å². The second-order valence-electron chi connectivity index (χ2n) is 8.09. The molecule has 0 aliphatic rings. The molecule has 0 fully saturated rings. The zero-order valence-electron chi connectivity index (χ0n) is 19.6. The largest absolute Gasteiger partial charge is 0.488 e. The number of benzene rings is 3. The number of carbonyl (C=O) groups excluding carboxylic acids is 1. The van der Waals surface area contributed by atoms with Gasteiger partial charge < -0.3 is 14.0 Å². The molecule has 186 valence electrons. The summed E-state index contributed by atoms with van der Waals surface area (Å²) in [7, 11) is 0. The van der Waals surface area contributed by atoms with Crippen molar-refractivity contribution in [3.05, 3.63) is 107 Å². The first-order chi connectivity index (χ1) is 17.2. The molecular weight excluding hydrogens is 474 g/mol. The summed E-state index contributed by atoms with van der Waals surface area (Å²) in [5, 5.41) is 0. The highest BCUT2D eigenvalue weighted by Gasteiger charge is 2.32. The molecule has 0 bridgehead atoms. The van der Waals surface area contributed by atoms with Crippen LogP contribution in [0.4, 0.5) is 17.6 Å². The molecule has 0 spiro atoms. The Bertz CT molecular complexity index is 1370. The fourth-order valence-electron chi connectivity index (χ4n) is 3.85. The van der Waals surface area contributed by atoms with E-state index in [9.17, 15) is 22.4 Å². The summed E-state index contributed by atoms with van der Waals surface area (Å²) in [6.07, 6.45) is -4.56. The first-order valence-corrected chi connectivity index (χ1v) is 11.2. The minimum absolute atomic E-state index is 0.0384. The number of nitrogens with zero attached hydrogens (tertiary/aromatic N) is 1. The van der Waals surface area contributed by atoms with E-state index in [4.69, 9.17) is 9.47 Å². The lowest BCUT2D eigenvalue weighted by molar-refractivity contribution is -0.137. The van der Waals surface area contributed by atoms with Gasteiger partial charge in [-0.25, -0.2) is 9.18 Å². The van der Waals surface area contributed by atoms with Gasteiger partial charge in [-0.1, -0.05) is 18.2 Å². The maximum atomic E-state index is 13.6. The summed E-state index contributed by atoms with van der Waals surface area (Å²) in [4.78, 5) is 12.3. The summed E-state index contributed by atoms with van der Waals surface area (Å²) in [5.41, 5.74) is 2.17. The lowest BCUT2D eigenvalue weighted by Crippen LogP contribution is -2.08. The third-order valence-corrected chi connectivity index (χ3v) is 5.58. The predicted octanol–water partition coefficient (Wildman–Crippen LogP) is 7.37. The zero-order valence-corrected chi connectivity index (χ0v) is 19.6. The van der Waals surface area contributed by atoms with Gasteiger partial charge in [0.2, 0.25) is 0 Å². The molecule has 0 unspecified atom stereocenters. The molecule has 0 aliphatic heterocycles. The number of rotatable bonds is 7. The molecule has 4 aromatic rings. The van der Waals surface area contributed by atoms with Gasteiger partial charge in [0.15, 0.2) is 0 Å². The molecule has 3 aromatic carbocycles. The van der Waals surface area contributed by atoms with Crippen molar-refractivity contribution in [1.29, 1.82) is 0 Å². The number of esters is 1. The van der Waals surface area contributed by atoms with Crippen LogP contribution < -0.4 is 4.74 Å². The van der Waals surface area contributed by atoms with Crippen molar-refractivity contribution in [2.75, 3.05) is 6.61 Å². The lowest BCUT2D eigenvalue weighted by Gasteiger charge is -2.18. The van der Waals surface area contributed by atoms with E-state index >= 15 is 0 Å². The number of hydrogen-bond donors (Lipinski definition) is 0. The molecule has 0 aliphatic carbocycles. The molecule has 1 aromatic heterocycles. The van der Waals surface area contributed by atoms with Crippen LogP contribution in [0.2, 0.25) is 0 Å². The molecule has 4 rings (SSSR count). The van der Waals surface area contributed by atoms with Crippen molar-refractivity contribution in [3.8, 4) is 22.7 Å². The fraction of sp³-hybridized carbons (Fsp3) is 0.179. The van der Waals surface area contributed by atoms with Gasteiger partial charge in [-0.3, -0.25) is 0 Å². The highest BCUT2D eigenvalue weighted by Crippen LogP contribution is 2.39. The molecular formula is C28H23F4NO3. The van der Waals surface area contributed by atoms with Crippen molar-refractivity contribution in [2.45, 2.75) is 26.6 Å². The summed E-state index contributed by atoms with van der Waals surface area (Å²) >= 11 is 0. The minimum atomic E-state index is -4.56. The maximum Gasteiger partial charge on any atom is 0.416 e. The quantitative estimate of drug-likeness (QED) is 0.198. The average Bonchev–Trinajstić information content (AvgIpc) is 3.24. The van der Waals surface area contributed by atoms with Crippen molar-refractivity contribution >= 4 is 5.97 Å². The van der Waals surface area contributed by atoms with Crippen LogP contribution in [0.25, 0.3) is 16.9 Å². The van der Waals surface area contributed by atoms with Crippen LogP contribution in [0, 0.1) is 12.7 Å². The predicted molar refractivity (Wildman–Crippen MR) is 128 cm³/mol. The monoisotopic (exact) mass is 497 g/mol. The van der Waals surface area contributed by atoms with Crippen molar-refractivity contribution in [3.63, 3.8) is 0 Å². The highest BCUT2D eigenvalue weighted by atomic mass is 19.4. The summed E-state index contributed by atoms with van der Waals surface area (Å²) in [6.45, 7) is 3.77. The highest BCUT2D eigenvalue weighted by molar-refractivity contribution is 5.90. The van der Waals surface area contributed by atoms with Gasteiger partial charge in [0, 0.05) is 16.9 Å². The normalized spacial score (nSPS) is 11.4. The molecule has 4 nitrogen and oxygen atoms in total. The molecule has 0 saturated heterocycles. The summed E-state index contributed by atoms with van der Waals surface area (Å²) in [5.74, 6) is -0.659. The molecule has 0 atom stereocenters. The van der Waals surface area contributed by atoms with E-state index in [-0.39, 0.29) is 24.5 Å². The zero-order chi connectivity index (χ0) is 25.9.